The van der Waals surface area contributed by atoms with Crippen LogP contribution >= 0.6 is 0 Å². The van der Waals surface area contributed by atoms with Crippen molar-refractivity contribution in [2.24, 2.45) is 0 Å². The maximum Gasteiger partial charge on any atom is 0.334 e. The molecule has 0 spiro atoms. The van der Waals surface area contributed by atoms with Crippen LogP contribution in [-0.2, 0) is 19.1 Å². The van der Waals surface area contributed by atoms with E-state index in [1.807, 2.05) is 36.4 Å². The van der Waals surface area contributed by atoms with E-state index >= 15 is 0 Å². The lowest BCUT2D eigenvalue weighted by molar-refractivity contribution is -0.151. The van der Waals surface area contributed by atoms with Crippen LogP contribution in [0.1, 0.15) is 30.3 Å². The Morgan fingerprint density at radius 2 is 1.52 bits per heavy atom. The van der Waals surface area contributed by atoms with E-state index in [-0.39, 0.29) is 5.57 Å². The number of allylic oxidation sites excluding steroid dienone is 2. The Kier molecular flexibility index (Phi) is 7.52. The van der Waals surface area contributed by atoms with Gasteiger partial charge in [0.25, 0.3) is 0 Å². The smallest absolute Gasteiger partial charge is 0.334 e. The fourth-order valence-corrected chi connectivity index (χ4v) is 2.40. The molecule has 27 heavy (non-hydrogen) atoms. The molecular formula is C22H22O5. The second-order valence-corrected chi connectivity index (χ2v) is 5.82. The Labute approximate surface area is 158 Å². The molecule has 0 bridgehead atoms. The Hall–Kier alpha value is -3.18. The number of carbonyl (C=O) groups excluding carboxylic acids is 2. The zero-order chi connectivity index (χ0) is 19.6. The largest absolute Gasteiger partial charge is 0.466 e. The second-order valence-electron chi connectivity index (χ2n) is 5.82. The number of ether oxygens (including phenoxy) is 2. The molecule has 140 valence electrons. The predicted molar refractivity (Wildman–Crippen MR) is 102 cm³/mol. The van der Waals surface area contributed by atoms with E-state index in [2.05, 4.69) is 4.74 Å². The number of aliphatic hydroxyl groups excluding tert-OH is 1. The Morgan fingerprint density at radius 1 is 0.963 bits per heavy atom. The molecule has 2 atom stereocenters. The van der Waals surface area contributed by atoms with Gasteiger partial charge in [0.05, 0.1) is 7.11 Å². The molecule has 0 saturated carbocycles. The molecule has 2 aromatic rings. The summed E-state index contributed by atoms with van der Waals surface area (Å²) in [5, 5.41) is 10.8. The van der Waals surface area contributed by atoms with Crippen molar-refractivity contribution in [3.63, 3.8) is 0 Å². The van der Waals surface area contributed by atoms with Crippen molar-refractivity contribution in [2.45, 2.75) is 19.1 Å². The SMILES string of the molecule is COC(=O)/C=C/C=C(\C)C(=O)O[C@@H](c1ccccc1)[C@@H](O)c1ccccc1. The molecule has 0 aromatic heterocycles. The van der Waals surface area contributed by atoms with Gasteiger partial charge in [-0.1, -0.05) is 72.8 Å². The van der Waals surface area contributed by atoms with Gasteiger partial charge in [-0.05, 0) is 18.1 Å². The van der Waals surface area contributed by atoms with E-state index in [9.17, 15) is 14.7 Å². The molecule has 0 radical (unpaired) electrons. The van der Waals surface area contributed by atoms with E-state index in [1.165, 1.54) is 25.3 Å². The monoisotopic (exact) mass is 366 g/mol. The van der Waals surface area contributed by atoms with Gasteiger partial charge in [-0.15, -0.1) is 0 Å². The van der Waals surface area contributed by atoms with Crippen LogP contribution in [0.5, 0.6) is 0 Å². The Balaban J connectivity index is 2.22. The van der Waals surface area contributed by atoms with E-state index in [0.717, 1.165) is 0 Å². The van der Waals surface area contributed by atoms with Crippen molar-refractivity contribution in [2.75, 3.05) is 7.11 Å². The lowest BCUT2D eigenvalue weighted by Gasteiger charge is -2.24. The lowest BCUT2D eigenvalue weighted by atomic mass is 9.98. The van der Waals surface area contributed by atoms with Crippen LogP contribution in [0.25, 0.3) is 0 Å². The zero-order valence-corrected chi connectivity index (χ0v) is 15.2. The highest BCUT2D eigenvalue weighted by Gasteiger charge is 2.27. The molecule has 5 nitrogen and oxygen atoms in total. The fraction of sp³-hybridized carbons (Fsp3) is 0.182. The van der Waals surface area contributed by atoms with E-state index in [4.69, 9.17) is 4.74 Å². The van der Waals surface area contributed by atoms with Gasteiger partial charge < -0.3 is 14.6 Å². The van der Waals surface area contributed by atoms with Crippen molar-refractivity contribution in [1.29, 1.82) is 0 Å². The number of aliphatic hydroxyl groups is 1. The van der Waals surface area contributed by atoms with Crippen molar-refractivity contribution >= 4 is 11.9 Å². The normalized spacial score (nSPS) is 13.8. The van der Waals surface area contributed by atoms with Gasteiger partial charge in [0, 0.05) is 11.6 Å². The van der Waals surface area contributed by atoms with E-state index in [1.54, 1.807) is 31.2 Å². The van der Waals surface area contributed by atoms with Gasteiger partial charge >= 0.3 is 11.9 Å². The Bertz CT molecular complexity index is 809. The molecule has 1 N–H and O–H groups in total. The summed E-state index contributed by atoms with van der Waals surface area (Å²) in [5.41, 5.74) is 1.61. The summed E-state index contributed by atoms with van der Waals surface area (Å²) in [6, 6.07) is 18.1. The molecule has 0 aliphatic carbocycles. The van der Waals surface area contributed by atoms with Crippen molar-refractivity contribution in [3.05, 3.63) is 95.6 Å². The quantitative estimate of drug-likeness (QED) is 0.460. The highest BCUT2D eigenvalue weighted by Crippen LogP contribution is 2.32. The number of hydrogen-bond donors (Lipinski definition) is 1. The fourth-order valence-electron chi connectivity index (χ4n) is 2.40. The first-order valence-electron chi connectivity index (χ1n) is 8.44. The standard InChI is InChI=1S/C22H22O5/c1-16(10-9-15-19(23)26-2)22(25)27-21(18-13-7-4-8-14-18)20(24)17-11-5-3-6-12-17/h3-15,20-21,24H,1-2H3/b15-9+,16-10+/t20-,21-/m0/s1. The first-order valence-corrected chi connectivity index (χ1v) is 8.44. The minimum absolute atomic E-state index is 0.288. The first kappa shape index (κ1) is 20.1. The number of carbonyl (C=O) groups is 2. The molecule has 0 unspecified atom stereocenters. The van der Waals surface area contributed by atoms with Crippen LogP contribution in [0.15, 0.2) is 84.5 Å². The van der Waals surface area contributed by atoms with Gasteiger partial charge in [-0.2, -0.15) is 0 Å². The number of esters is 2. The summed E-state index contributed by atoms with van der Waals surface area (Å²) >= 11 is 0. The van der Waals surface area contributed by atoms with Gasteiger partial charge in [-0.25, -0.2) is 9.59 Å². The van der Waals surface area contributed by atoms with Gasteiger partial charge in [0.1, 0.15) is 6.10 Å². The average Bonchev–Trinajstić information content (AvgIpc) is 2.72. The highest BCUT2D eigenvalue weighted by atomic mass is 16.6. The number of methoxy groups -OCH3 is 1. The molecule has 0 aliphatic rings. The summed E-state index contributed by atoms with van der Waals surface area (Å²) in [5.74, 6) is -1.11. The summed E-state index contributed by atoms with van der Waals surface area (Å²) in [7, 11) is 1.27. The van der Waals surface area contributed by atoms with Crippen LogP contribution in [0, 0.1) is 0 Å². The molecule has 0 aliphatic heterocycles. The third kappa shape index (κ3) is 5.94. The topological polar surface area (TPSA) is 72.8 Å². The molecule has 0 fully saturated rings. The molecule has 2 aromatic carbocycles. The molecule has 0 heterocycles. The van der Waals surface area contributed by atoms with Gasteiger partial charge in [0.2, 0.25) is 0 Å². The lowest BCUT2D eigenvalue weighted by Crippen LogP contribution is -2.19. The van der Waals surface area contributed by atoms with Crippen LogP contribution in [-0.4, -0.2) is 24.2 Å². The maximum atomic E-state index is 12.5. The van der Waals surface area contributed by atoms with Crippen molar-refractivity contribution in [1.82, 2.24) is 0 Å². The third-order valence-corrected chi connectivity index (χ3v) is 3.89. The first-order chi connectivity index (χ1) is 13.0. The number of hydrogen-bond acceptors (Lipinski definition) is 5. The molecule has 5 heteroatoms. The molecular weight excluding hydrogens is 344 g/mol. The predicted octanol–water partition coefficient (Wildman–Crippen LogP) is 3.68. The average molecular weight is 366 g/mol. The minimum atomic E-state index is -1.02. The zero-order valence-electron chi connectivity index (χ0n) is 15.2. The summed E-state index contributed by atoms with van der Waals surface area (Å²) in [6.45, 7) is 1.57. The van der Waals surface area contributed by atoms with Crippen LogP contribution < -0.4 is 0 Å². The maximum absolute atomic E-state index is 12.5. The van der Waals surface area contributed by atoms with E-state index < -0.39 is 24.1 Å². The van der Waals surface area contributed by atoms with Gasteiger partial charge in [0.15, 0.2) is 6.10 Å². The number of rotatable bonds is 7. The number of benzene rings is 2. The second kappa shape index (κ2) is 10.1. The molecule has 0 amide bonds. The minimum Gasteiger partial charge on any atom is -0.466 e. The van der Waals surface area contributed by atoms with Crippen LogP contribution in [0.4, 0.5) is 0 Å². The third-order valence-electron chi connectivity index (χ3n) is 3.89. The van der Waals surface area contributed by atoms with Crippen molar-refractivity contribution in [3.8, 4) is 0 Å². The highest BCUT2D eigenvalue weighted by molar-refractivity contribution is 5.89. The summed E-state index contributed by atoms with van der Waals surface area (Å²) in [6.07, 6.45) is 2.18. The summed E-state index contributed by atoms with van der Waals surface area (Å²) < 4.78 is 10.1. The van der Waals surface area contributed by atoms with Gasteiger partial charge in [-0.3, -0.25) is 0 Å². The summed E-state index contributed by atoms with van der Waals surface area (Å²) in [4.78, 5) is 23.5. The Morgan fingerprint density at radius 3 is 2.07 bits per heavy atom. The van der Waals surface area contributed by atoms with Crippen LogP contribution in [0.2, 0.25) is 0 Å². The van der Waals surface area contributed by atoms with Crippen molar-refractivity contribution < 1.29 is 24.2 Å². The molecule has 0 saturated heterocycles. The van der Waals surface area contributed by atoms with E-state index in [0.29, 0.717) is 11.1 Å². The van der Waals surface area contributed by atoms with Crippen LogP contribution in [0.3, 0.4) is 0 Å². The molecule has 2 rings (SSSR count).